The van der Waals surface area contributed by atoms with E-state index in [1.807, 2.05) is 5.38 Å². The second-order valence-corrected chi connectivity index (χ2v) is 5.34. The Morgan fingerprint density at radius 1 is 1.47 bits per heavy atom. The lowest BCUT2D eigenvalue weighted by atomic mass is 10.1. The van der Waals surface area contributed by atoms with Gasteiger partial charge in [0.05, 0.1) is 15.7 Å². The Balaban J connectivity index is 2.57. The van der Waals surface area contributed by atoms with E-state index in [-0.39, 0.29) is 5.82 Å². The number of thiazole rings is 1. The maximum Gasteiger partial charge on any atom is 0.125 e. The first-order chi connectivity index (χ1) is 8.15. The summed E-state index contributed by atoms with van der Waals surface area (Å²) < 4.78 is 13.2. The van der Waals surface area contributed by atoms with E-state index < -0.39 is 0 Å². The Morgan fingerprint density at radius 2 is 2.24 bits per heavy atom. The van der Waals surface area contributed by atoms with Crippen molar-refractivity contribution in [2.75, 3.05) is 0 Å². The molecule has 0 saturated carbocycles. The van der Waals surface area contributed by atoms with Gasteiger partial charge in [0.15, 0.2) is 0 Å². The molecule has 0 spiro atoms. The molecule has 0 aliphatic carbocycles. The summed E-state index contributed by atoms with van der Waals surface area (Å²) in [7, 11) is 0. The van der Waals surface area contributed by atoms with Gasteiger partial charge in [-0.15, -0.1) is 11.3 Å². The number of rotatable bonds is 3. The Morgan fingerprint density at radius 3 is 2.82 bits per heavy atom. The number of halogens is 3. The highest BCUT2D eigenvalue weighted by molar-refractivity contribution is 9.08. The molecule has 1 heterocycles. The molecule has 0 N–H and O–H groups in total. The molecule has 0 aliphatic rings. The fraction of sp³-hybridized carbons (Fsp3) is 0.167. The molecular weight excluding hydrogens is 325 g/mol. The van der Waals surface area contributed by atoms with Crippen molar-refractivity contribution in [3.8, 4) is 11.3 Å². The Labute approximate surface area is 117 Å². The van der Waals surface area contributed by atoms with Crippen molar-refractivity contribution in [2.24, 2.45) is 0 Å². The molecule has 0 amide bonds. The highest BCUT2D eigenvalue weighted by Crippen LogP contribution is 2.34. The summed E-state index contributed by atoms with van der Waals surface area (Å²) >= 11 is 11.0. The molecule has 5 heteroatoms. The molecule has 1 aromatic carbocycles. The molecule has 17 heavy (non-hydrogen) atoms. The average molecular weight is 334 g/mol. The molecule has 1 radical (unpaired) electrons. The number of benzene rings is 1. The van der Waals surface area contributed by atoms with Gasteiger partial charge in [-0.3, -0.25) is 0 Å². The highest BCUT2D eigenvalue weighted by atomic mass is 79.9. The predicted octanol–water partition coefficient (Wildman–Crippen LogP) is 4.87. The smallest absolute Gasteiger partial charge is 0.125 e. The molecule has 2 aromatic rings. The van der Waals surface area contributed by atoms with E-state index in [2.05, 4.69) is 27.8 Å². The maximum atomic E-state index is 13.2. The first-order valence-corrected chi connectivity index (χ1v) is 7.31. The van der Waals surface area contributed by atoms with E-state index in [4.69, 9.17) is 11.6 Å². The summed E-state index contributed by atoms with van der Waals surface area (Å²) in [6.07, 6.45) is 0.646. The number of alkyl halides is 1. The van der Waals surface area contributed by atoms with Gasteiger partial charge in [0.25, 0.3) is 0 Å². The van der Waals surface area contributed by atoms with Crippen molar-refractivity contribution < 1.29 is 4.39 Å². The highest BCUT2D eigenvalue weighted by Gasteiger charge is 2.14. The van der Waals surface area contributed by atoms with Crippen LogP contribution in [0.15, 0.2) is 17.5 Å². The van der Waals surface area contributed by atoms with E-state index in [0.29, 0.717) is 16.8 Å². The monoisotopic (exact) mass is 332 g/mol. The molecule has 0 bridgehead atoms. The first-order valence-electron chi connectivity index (χ1n) is 4.93. The van der Waals surface area contributed by atoms with E-state index >= 15 is 0 Å². The van der Waals surface area contributed by atoms with Crippen molar-refractivity contribution >= 4 is 38.9 Å². The van der Waals surface area contributed by atoms with Crippen molar-refractivity contribution in [1.82, 2.24) is 4.98 Å². The van der Waals surface area contributed by atoms with Gasteiger partial charge in [0, 0.05) is 16.3 Å². The fourth-order valence-electron chi connectivity index (χ4n) is 1.56. The minimum absolute atomic E-state index is 0.333. The summed E-state index contributed by atoms with van der Waals surface area (Å²) in [6, 6.07) is 2.78. The quantitative estimate of drug-likeness (QED) is 0.730. The molecule has 1 aromatic heterocycles. The normalized spacial score (nSPS) is 10.8. The molecule has 1 nitrogen and oxygen atoms in total. The van der Waals surface area contributed by atoms with Crippen molar-refractivity contribution in [3.63, 3.8) is 0 Å². The summed E-state index contributed by atoms with van der Waals surface area (Å²) in [5.41, 5.74) is 2.38. The lowest BCUT2D eigenvalue weighted by molar-refractivity contribution is 0.627. The molecular formula is C12H9BrClFNS. The number of hydrogen-bond donors (Lipinski definition) is 0. The molecule has 0 atom stereocenters. The third-order valence-electron chi connectivity index (χ3n) is 2.30. The summed E-state index contributed by atoms with van der Waals surface area (Å²) in [5, 5.41) is 3.80. The van der Waals surface area contributed by atoms with Gasteiger partial charge in [-0.25, -0.2) is 9.37 Å². The van der Waals surface area contributed by atoms with Crippen molar-refractivity contribution in [1.29, 1.82) is 0 Å². The van der Waals surface area contributed by atoms with Crippen LogP contribution in [0.5, 0.6) is 0 Å². The fourth-order valence-corrected chi connectivity index (χ4v) is 3.01. The zero-order chi connectivity index (χ0) is 12.4. The molecule has 2 rings (SSSR count). The Hall–Kier alpha value is -0.450. The van der Waals surface area contributed by atoms with Crippen LogP contribution >= 0.6 is 38.9 Å². The minimum Gasteiger partial charge on any atom is -0.241 e. The van der Waals surface area contributed by atoms with E-state index in [1.54, 1.807) is 0 Å². The lowest BCUT2D eigenvalue weighted by Crippen LogP contribution is -1.91. The first kappa shape index (κ1) is 13.0. The van der Waals surface area contributed by atoms with Gasteiger partial charge >= 0.3 is 0 Å². The van der Waals surface area contributed by atoms with Crippen LogP contribution in [0.2, 0.25) is 5.02 Å². The van der Waals surface area contributed by atoms with Crippen LogP contribution in [0.25, 0.3) is 11.3 Å². The largest absolute Gasteiger partial charge is 0.241 e. The number of hydrogen-bond acceptors (Lipinski definition) is 2. The topological polar surface area (TPSA) is 12.9 Å². The van der Waals surface area contributed by atoms with Crippen LogP contribution in [0.3, 0.4) is 0 Å². The van der Waals surface area contributed by atoms with Crippen LogP contribution in [0, 0.1) is 12.7 Å². The number of nitrogens with zero attached hydrogens (tertiary/aromatic N) is 1. The van der Waals surface area contributed by atoms with Crippen LogP contribution in [0.4, 0.5) is 4.39 Å². The Bertz CT molecular complexity index is 541. The van der Waals surface area contributed by atoms with Gasteiger partial charge in [-0.2, -0.15) is 0 Å². The minimum atomic E-state index is -0.333. The van der Waals surface area contributed by atoms with Gasteiger partial charge < -0.3 is 0 Å². The zero-order valence-corrected chi connectivity index (χ0v) is 12.0. The number of aromatic nitrogens is 1. The van der Waals surface area contributed by atoms with E-state index in [9.17, 15) is 4.39 Å². The molecule has 0 aliphatic heterocycles. The summed E-state index contributed by atoms with van der Waals surface area (Å²) in [4.78, 5) is 4.43. The predicted molar refractivity (Wildman–Crippen MR) is 74.2 cm³/mol. The van der Waals surface area contributed by atoms with Crippen molar-refractivity contribution in [2.45, 2.75) is 11.8 Å². The molecule has 0 saturated heterocycles. The van der Waals surface area contributed by atoms with Gasteiger partial charge in [-0.1, -0.05) is 27.5 Å². The van der Waals surface area contributed by atoms with E-state index in [0.717, 1.165) is 21.8 Å². The van der Waals surface area contributed by atoms with Gasteiger partial charge in [0.2, 0.25) is 0 Å². The van der Waals surface area contributed by atoms with Gasteiger partial charge in [-0.05, 0) is 31.0 Å². The third-order valence-corrected chi connectivity index (χ3v) is 4.11. The standard InChI is InChI=1S/C12H9BrClFNS/c1-2-11-16-10(6-17-11)12-7(5-13)3-8(15)4-9(12)14/h3-4,6H,1-2,5H2. The van der Waals surface area contributed by atoms with Crippen LogP contribution in [0.1, 0.15) is 10.6 Å². The summed E-state index contributed by atoms with van der Waals surface area (Å²) in [6.45, 7) is 3.79. The van der Waals surface area contributed by atoms with Crippen LogP contribution in [-0.2, 0) is 11.8 Å². The Kier molecular flexibility index (Phi) is 4.17. The average Bonchev–Trinajstić information content (AvgIpc) is 2.76. The SMILES string of the molecule is [CH2]Cc1nc(-c2c(Cl)cc(F)cc2CBr)cs1. The molecule has 0 fully saturated rings. The van der Waals surface area contributed by atoms with Crippen molar-refractivity contribution in [3.05, 3.63) is 45.8 Å². The second kappa shape index (κ2) is 5.46. The van der Waals surface area contributed by atoms with E-state index in [1.165, 1.54) is 23.5 Å². The van der Waals surface area contributed by atoms with Gasteiger partial charge in [0.1, 0.15) is 5.82 Å². The third kappa shape index (κ3) is 2.69. The second-order valence-electron chi connectivity index (χ2n) is 3.43. The molecule has 0 unspecified atom stereocenters. The maximum absolute atomic E-state index is 13.2. The summed E-state index contributed by atoms with van der Waals surface area (Å²) in [5.74, 6) is -0.333. The zero-order valence-electron chi connectivity index (χ0n) is 8.84. The van der Waals surface area contributed by atoms with Crippen LogP contribution < -0.4 is 0 Å². The molecule has 89 valence electrons. The lowest BCUT2D eigenvalue weighted by Gasteiger charge is -2.07. The van der Waals surface area contributed by atoms with Crippen LogP contribution in [-0.4, -0.2) is 4.98 Å².